The first-order chi connectivity index (χ1) is 11.6. The molecule has 3 aromatic rings. The minimum atomic E-state index is -0.302. The van der Waals surface area contributed by atoms with Crippen molar-refractivity contribution < 1.29 is 13.9 Å². The van der Waals surface area contributed by atoms with Gasteiger partial charge in [-0.3, -0.25) is 4.79 Å². The van der Waals surface area contributed by atoms with Crippen LogP contribution in [0.1, 0.15) is 11.8 Å². The lowest BCUT2D eigenvalue weighted by Crippen LogP contribution is -1.86. The van der Waals surface area contributed by atoms with E-state index in [9.17, 15) is 9.18 Å². The van der Waals surface area contributed by atoms with Crippen LogP contribution in [0.25, 0.3) is 27.6 Å². The molecular weight excluding hydrogens is 323 g/mol. The van der Waals surface area contributed by atoms with Gasteiger partial charge in [-0.15, -0.1) is 11.3 Å². The number of fused-ring (bicyclic) bond motifs is 5. The lowest BCUT2D eigenvalue weighted by molar-refractivity contribution is -0.112. The maximum atomic E-state index is 13.8. The summed E-state index contributed by atoms with van der Waals surface area (Å²) < 4.78 is 19.8. The number of benzene rings is 2. The van der Waals surface area contributed by atoms with Crippen molar-refractivity contribution in [3.8, 4) is 33.1 Å². The second-order valence-electron chi connectivity index (χ2n) is 5.57. The van der Waals surface area contributed by atoms with Gasteiger partial charge in [0, 0.05) is 26.4 Å². The average molecular weight is 336 g/mol. The minimum Gasteiger partial charge on any atom is -0.456 e. The van der Waals surface area contributed by atoms with E-state index in [4.69, 9.17) is 4.74 Å². The lowest BCUT2D eigenvalue weighted by atomic mass is 10.0. The van der Waals surface area contributed by atoms with Crippen molar-refractivity contribution in [1.29, 1.82) is 0 Å². The first-order valence-electron chi connectivity index (χ1n) is 7.51. The molecule has 4 rings (SSSR count). The van der Waals surface area contributed by atoms with Crippen LogP contribution in [0, 0.1) is 5.82 Å². The van der Waals surface area contributed by atoms with E-state index in [1.54, 1.807) is 18.2 Å². The number of halogens is 1. The standard InChI is InChI=1S/C20H13FO2S/c1-12(22)6-8-14-11-16-15-4-2-3-5-18(15)23-19-9-7-13(21)10-17(19)20(16)24-14/h2-11H,1H3/b8-6+. The van der Waals surface area contributed by atoms with Crippen LogP contribution in [0.5, 0.6) is 11.5 Å². The van der Waals surface area contributed by atoms with Gasteiger partial charge in [-0.05, 0) is 49.4 Å². The number of carbonyl (C=O) groups excluding carboxylic acids is 1. The zero-order chi connectivity index (χ0) is 16.7. The molecule has 0 saturated carbocycles. The molecule has 0 bridgehead atoms. The van der Waals surface area contributed by atoms with E-state index in [1.165, 1.54) is 30.4 Å². The summed E-state index contributed by atoms with van der Waals surface area (Å²) in [4.78, 5) is 13.1. The molecule has 0 spiro atoms. The molecule has 0 aliphatic carbocycles. The van der Waals surface area contributed by atoms with Crippen molar-refractivity contribution in [1.82, 2.24) is 0 Å². The highest BCUT2D eigenvalue weighted by Crippen LogP contribution is 2.50. The Morgan fingerprint density at radius 3 is 2.67 bits per heavy atom. The summed E-state index contributed by atoms with van der Waals surface area (Å²) in [7, 11) is 0. The van der Waals surface area contributed by atoms with Crippen LogP contribution in [-0.4, -0.2) is 5.78 Å². The molecule has 1 aliphatic rings. The summed E-state index contributed by atoms with van der Waals surface area (Å²) in [6, 6.07) is 14.3. The molecule has 0 saturated heterocycles. The molecule has 0 fully saturated rings. The van der Waals surface area contributed by atoms with Crippen molar-refractivity contribution in [2.75, 3.05) is 0 Å². The molecule has 24 heavy (non-hydrogen) atoms. The number of hydrogen-bond donors (Lipinski definition) is 0. The van der Waals surface area contributed by atoms with Crippen LogP contribution in [0.3, 0.4) is 0 Å². The predicted molar refractivity (Wildman–Crippen MR) is 94.9 cm³/mol. The molecule has 0 atom stereocenters. The fourth-order valence-corrected chi connectivity index (χ4v) is 3.85. The molecule has 1 aromatic heterocycles. The highest BCUT2D eigenvalue weighted by atomic mass is 32.1. The Balaban J connectivity index is 1.99. The van der Waals surface area contributed by atoms with Crippen molar-refractivity contribution in [2.45, 2.75) is 6.92 Å². The molecule has 1 aliphatic heterocycles. The van der Waals surface area contributed by atoms with Crippen LogP contribution < -0.4 is 4.74 Å². The summed E-state index contributed by atoms with van der Waals surface area (Å²) >= 11 is 1.52. The van der Waals surface area contributed by atoms with E-state index >= 15 is 0 Å². The summed E-state index contributed by atoms with van der Waals surface area (Å²) in [5, 5.41) is 0. The highest BCUT2D eigenvalue weighted by molar-refractivity contribution is 7.17. The largest absolute Gasteiger partial charge is 0.456 e. The second-order valence-corrected chi connectivity index (χ2v) is 6.66. The maximum Gasteiger partial charge on any atom is 0.152 e. The third-order valence-electron chi connectivity index (χ3n) is 3.82. The van der Waals surface area contributed by atoms with Crippen molar-refractivity contribution in [2.24, 2.45) is 0 Å². The number of carbonyl (C=O) groups is 1. The van der Waals surface area contributed by atoms with Gasteiger partial charge in [0.25, 0.3) is 0 Å². The fraction of sp³-hybridized carbons (Fsp3) is 0.0500. The quantitative estimate of drug-likeness (QED) is 0.424. The fourth-order valence-electron chi connectivity index (χ4n) is 2.76. The van der Waals surface area contributed by atoms with E-state index in [2.05, 4.69) is 0 Å². The topological polar surface area (TPSA) is 26.3 Å². The Labute approximate surface area is 142 Å². The molecule has 0 unspecified atom stereocenters. The number of para-hydroxylation sites is 1. The molecule has 0 N–H and O–H groups in total. The van der Waals surface area contributed by atoms with Gasteiger partial charge in [-0.2, -0.15) is 0 Å². The first kappa shape index (κ1) is 14.8. The van der Waals surface area contributed by atoms with Crippen molar-refractivity contribution in [3.05, 3.63) is 65.3 Å². The van der Waals surface area contributed by atoms with Crippen molar-refractivity contribution in [3.63, 3.8) is 0 Å². The summed E-state index contributed by atoms with van der Waals surface area (Å²) in [6.07, 6.45) is 3.34. The number of ketones is 1. The summed E-state index contributed by atoms with van der Waals surface area (Å²) in [5.74, 6) is 1.06. The van der Waals surface area contributed by atoms with E-state index in [0.717, 1.165) is 32.2 Å². The predicted octanol–water partition coefficient (Wildman–Crippen LogP) is 5.93. The van der Waals surface area contributed by atoms with E-state index in [1.807, 2.05) is 30.3 Å². The number of thiophene rings is 1. The maximum absolute atomic E-state index is 13.8. The number of ether oxygens (including phenoxy) is 1. The zero-order valence-corrected chi connectivity index (χ0v) is 13.7. The molecule has 2 aromatic carbocycles. The van der Waals surface area contributed by atoms with Gasteiger partial charge in [0.05, 0.1) is 0 Å². The third kappa shape index (κ3) is 2.55. The molecule has 4 heteroatoms. The Hall–Kier alpha value is -2.72. The highest BCUT2D eigenvalue weighted by Gasteiger charge is 2.23. The smallest absolute Gasteiger partial charge is 0.152 e. The van der Waals surface area contributed by atoms with Gasteiger partial charge in [-0.25, -0.2) is 4.39 Å². The van der Waals surface area contributed by atoms with E-state index in [-0.39, 0.29) is 11.6 Å². The summed E-state index contributed by atoms with van der Waals surface area (Å²) in [5.41, 5.74) is 2.68. The van der Waals surface area contributed by atoms with Crippen LogP contribution in [-0.2, 0) is 4.79 Å². The average Bonchev–Trinajstić information content (AvgIpc) is 2.94. The first-order valence-corrected chi connectivity index (χ1v) is 8.33. The zero-order valence-electron chi connectivity index (χ0n) is 12.9. The van der Waals surface area contributed by atoms with Gasteiger partial charge in [0.1, 0.15) is 17.3 Å². The minimum absolute atomic E-state index is 0.00577. The molecule has 0 amide bonds. The molecule has 118 valence electrons. The van der Waals surface area contributed by atoms with Crippen LogP contribution in [0.2, 0.25) is 0 Å². The van der Waals surface area contributed by atoms with Gasteiger partial charge < -0.3 is 4.74 Å². The molecular formula is C20H13FO2S. The Morgan fingerprint density at radius 2 is 1.83 bits per heavy atom. The Kier molecular flexibility index (Phi) is 3.54. The molecule has 2 nitrogen and oxygen atoms in total. The van der Waals surface area contributed by atoms with Crippen LogP contribution in [0.15, 0.2) is 54.6 Å². The Bertz CT molecular complexity index is 985. The van der Waals surface area contributed by atoms with E-state index in [0.29, 0.717) is 5.75 Å². The molecule has 2 heterocycles. The van der Waals surface area contributed by atoms with Gasteiger partial charge in [-0.1, -0.05) is 18.2 Å². The number of allylic oxidation sites excluding steroid dienone is 1. The van der Waals surface area contributed by atoms with Crippen molar-refractivity contribution >= 4 is 23.2 Å². The van der Waals surface area contributed by atoms with E-state index < -0.39 is 0 Å². The monoisotopic (exact) mass is 336 g/mol. The van der Waals surface area contributed by atoms with Gasteiger partial charge in [0.2, 0.25) is 0 Å². The third-order valence-corrected chi connectivity index (χ3v) is 4.95. The van der Waals surface area contributed by atoms with Gasteiger partial charge in [0.15, 0.2) is 5.78 Å². The van der Waals surface area contributed by atoms with Crippen LogP contribution >= 0.6 is 11.3 Å². The SMILES string of the molecule is CC(=O)/C=C/c1cc2c(s1)-c1cc(F)ccc1Oc1ccccc1-2. The van der Waals surface area contributed by atoms with Crippen LogP contribution in [0.4, 0.5) is 4.39 Å². The number of hydrogen-bond acceptors (Lipinski definition) is 3. The van der Waals surface area contributed by atoms with Gasteiger partial charge >= 0.3 is 0 Å². The normalized spacial score (nSPS) is 12.1. The number of rotatable bonds is 2. The molecule has 0 radical (unpaired) electrons. The second kappa shape index (κ2) is 5.73. The summed E-state index contributed by atoms with van der Waals surface area (Å²) in [6.45, 7) is 1.52. The lowest BCUT2D eigenvalue weighted by Gasteiger charge is -2.08. The Morgan fingerprint density at radius 1 is 1.04 bits per heavy atom.